The van der Waals surface area contributed by atoms with Crippen LogP contribution in [0.4, 0.5) is 0 Å². The molecule has 6 nitrogen and oxygen atoms in total. The van der Waals surface area contributed by atoms with E-state index in [9.17, 15) is 14.7 Å². The van der Waals surface area contributed by atoms with Gasteiger partial charge in [-0.15, -0.1) is 0 Å². The van der Waals surface area contributed by atoms with E-state index in [1.54, 1.807) is 44.5 Å². The summed E-state index contributed by atoms with van der Waals surface area (Å²) in [4.78, 5) is 23.8. The van der Waals surface area contributed by atoms with Crippen LogP contribution in [0.5, 0.6) is 0 Å². The summed E-state index contributed by atoms with van der Waals surface area (Å²) in [5, 5.41) is 16.2. The van der Waals surface area contributed by atoms with E-state index in [0.717, 1.165) is 0 Å². The van der Waals surface area contributed by atoms with Gasteiger partial charge in [-0.25, -0.2) is 4.52 Å². The Morgan fingerprint density at radius 1 is 1.24 bits per heavy atom. The van der Waals surface area contributed by atoms with Crippen molar-refractivity contribution < 1.29 is 14.7 Å². The Morgan fingerprint density at radius 3 is 2.52 bits per heavy atom. The largest absolute Gasteiger partial charge is 0.481 e. The van der Waals surface area contributed by atoms with Gasteiger partial charge in [0.05, 0.1) is 28.2 Å². The van der Waals surface area contributed by atoms with Crippen molar-refractivity contribution in [2.45, 2.75) is 33.2 Å². The van der Waals surface area contributed by atoms with Crippen molar-refractivity contribution >= 4 is 17.4 Å². The Hall–Kier alpha value is -2.37. The van der Waals surface area contributed by atoms with Crippen molar-refractivity contribution in [1.29, 1.82) is 0 Å². The van der Waals surface area contributed by atoms with Gasteiger partial charge in [-0.2, -0.15) is 5.10 Å². The lowest BCUT2D eigenvalue weighted by molar-refractivity contribution is -0.150. The van der Waals surface area contributed by atoms with E-state index < -0.39 is 16.9 Å². The fourth-order valence-corrected chi connectivity index (χ4v) is 1.88. The van der Waals surface area contributed by atoms with Crippen molar-refractivity contribution in [2.24, 2.45) is 5.41 Å². The van der Waals surface area contributed by atoms with E-state index in [4.69, 9.17) is 0 Å². The SMILES string of the molecule is CC(C)(NC(=O)c1cnn2ccccc12)C(C)(C)C(=O)O. The average molecular weight is 289 g/mol. The number of carbonyl (C=O) groups excluding carboxylic acids is 1. The molecular formula is C15H19N3O3. The molecule has 0 radical (unpaired) electrons. The van der Waals surface area contributed by atoms with Gasteiger partial charge in [0.15, 0.2) is 0 Å². The zero-order chi connectivity index (χ0) is 15.8. The molecule has 0 saturated carbocycles. The molecule has 2 rings (SSSR count). The molecule has 2 aromatic rings. The third-order valence-electron chi connectivity index (χ3n) is 4.19. The quantitative estimate of drug-likeness (QED) is 0.901. The molecule has 112 valence electrons. The summed E-state index contributed by atoms with van der Waals surface area (Å²) in [7, 11) is 0. The summed E-state index contributed by atoms with van der Waals surface area (Å²) in [5.41, 5.74) is -0.922. The van der Waals surface area contributed by atoms with Crippen LogP contribution in [0.15, 0.2) is 30.6 Å². The molecule has 6 heteroatoms. The third-order valence-corrected chi connectivity index (χ3v) is 4.19. The van der Waals surface area contributed by atoms with Crippen LogP contribution in [0, 0.1) is 5.41 Å². The molecule has 0 fully saturated rings. The highest BCUT2D eigenvalue weighted by molar-refractivity contribution is 6.01. The van der Waals surface area contributed by atoms with E-state index in [1.165, 1.54) is 6.20 Å². The van der Waals surface area contributed by atoms with Crippen LogP contribution in [0.1, 0.15) is 38.1 Å². The molecule has 0 aliphatic rings. The summed E-state index contributed by atoms with van der Waals surface area (Å²) < 4.78 is 1.60. The standard InChI is InChI=1S/C15H19N3O3/c1-14(2,13(20)21)15(3,4)17-12(19)10-9-16-18-8-6-5-7-11(10)18/h5-9H,1-4H3,(H,17,19)(H,20,21). The van der Waals surface area contributed by atoms with Gasteiger partial charge in [0.25, 0.3) is 5.91 Å². The molecule has 0 atom stereocenters. The molecule has 0 unspecified atom stereocenters. The number of hydrogen-bond donors (Lipinski definition) is 2. The first-order chi connectivity index (χ1) is 9.67. The minimum atomic E-state index is -1.11. The number of carbonyl (C=O) groups is 2. The topological polar surface area (TPSA) is 83.7 Å². The Morgan fingerprint density at radius 2 is 1.90 bits per heavy atom. The van der Waals surface area contributed by atoms with Crippen LogP contribution in [0.2, 0.25) is 0 Å². The van der Waals surface area contributed by atoms with Gasteiger partial charge in [-0.3, -0.25) is 9.59 Å². The highest BCUT2D eigenvalue weighted by atomic mass is 16.4. The number of rotatable bonds is 4. The van der Waals surface area contributed by atoms with Crippen LogP contribution in [0.3, 0.4) is 0 Å². The van der Waals surface area contributed by atoms with Gasteiger partial charge in [0.2, 0.25) is 0 Å². The lowest BCUT2D eigenvalue weighted by Gasteiger charge is -2.38. The molecule has 0 aliphatic carbocycles. The van der Waals surface area contributed by atoms with E-state index in [-0.39, 0.29) is 5.91 Å². The molecule has 1 amide bonds. The highest BCUT2D eigenvalue weighted by Crippen LogP contribution is 2.31. The van der Waals surface area contributed by atoms with Crippen molar-refractivity contribution in [3.05, 3.63) is 36.2 Å². The van der Waals surface area contributed by atoms with Gasteiger partial charge >= 0.3 is 5.97 Å². The second-order valence-electron chi connectivity index (χ2n) is 6.10. The number of carboxylic acid groups (broad SMARTS) is 1. The third kappa shape index (κ3) is 2.49. The van der Waals surface area contributed by atoms with Crippen molar-refractivity contribution in [3.8, 4) is 0 Å². The Balaban J connectivity index is 2.32. The Labute approximate surface area is 122 Å². The van der Waals surface area contributed by atoms with Gasteiger partial charge in [-0.05, 0) is 39.8 Å². The molecule has 2 N–H and O–H groups in total. The molecule has 2 heterocycles. The minimum absolute atomic E-state index is 0.337. The Kier molecular flexibility index (Phi) is 3.49. The van der Waals surface area contributed by atoms with Crippen molar-refractivity contribution in [3.63, 3.8) is 0 Å². The van der Waals surface area contributed by atoms with Gasteiger partial charge in [0.1, 0.15) is 0 Å². The highest BCUT2D eigenvalue weighted by Gasteiger charge is 2.44. The lowest BCUT2D eigenvalue weighted by atomic mass is 9.74. The number of aliphatic carboxylic acids is 1. The number of fused-ring (bicyclic) bond motifs is 1. The minimum Gasteiger partial charge on any atom is -0.481 e. The molecule has 0 spiro atoms. The average Bonchev–Trinajstić information content (AvgIpc) is 2.81. The molecule has 21 heavy (non-hydrogen) atoms. The fraction of sp³-hybridized carbons (Fsp3) is 0.400. The monoisotopic (exact) mass is 289 g/mol. The predicted molar refractivity (Wildman–Crippen MR) is 78.2 cm³/mol. The maximum atomic E-state index is 12.4. The number of nitrogens with one attached hydrogen (secondary N) is 1. The van der Waals surface area contributed by atoms with Gasteiger partial charge in [0, 0.05) is 6.20 Å². The number of pyridine rings is 1. The molecule has 0 bridgehead atoms. The van der Waals surface area contributed by atoms with E-state index in [0.29, 0.717) is 11.1 Å². The maximum absolute atomic E-state index is 12.4. The van der Waals surface area contributed by atoms with E-state index >= 15 is 0 Å². The van der Waals surface area contributed by atoms with Crippen molar-refractivity contribution in [2.75, 3.05) is 0 Å². The van der Waals surface area contributed by atoms with E-state index in [1.807, 2.05) is 12.1 Å². The van der Waals surface area contributed by atoms with Crippen LogP contribution in [-0.4, -0.2) is 32.1 Å². The predicted octanol–water partition coefficient (Wildman–Crippen LogP) is 1.95. The normalized spacial score (nSPS) is 12.4. The summed E-state index contributed by atoms with van der Waals surface area (Å²) in [5.74, 6) is -1.30. The summed E-state index contributed by atoms with van der Waals surface area (Å²) in [6, 6.07) is 5.43. The van der Waals surface area contributed by atoms with Gasteiger partial charge < -0.3 is 10.4 Å². The molecule has 2 aromatic heterocycles. The Bertz CT molecular complexity index is 701. The summed E-state index contributed by atoms with van der Waals surface area (Å²) >= 11 is 0. The van der Waals surface area contributed by atoms with E-state index in [2.05, 4.69) is 10.4 Å². The molecule has 0 aliphatic heterocycles. The molecule has 0 saturated heterocycles. The first-order valence-corrected chi connectivity index (χ1v) is 6.65. The number of carboxylic acids is 1. The van der Waals surface area contributed by atoms with Crippen LogP contribution >= 0.6 is 0 Å². The number of amides is 1. The maximum Gasteiger partial charge on any atom is 0.311 e. The summed E-state index contributed by atoms with van der Waals surface area (Å²) in [6.45, 7) is 6.58. The molecule has 0 aromatic carbocycles. The smallest absolute Gasteiger partial charge is 0.311 e. The first kappa shape index (κ1) is 15.0. The number of hydrogen-bond acceptors (Lipinski definition) is 3. The first-order valence-electron chi connectivity index (χ1n) is 6.65. The van der Waals surface area contributed by atoms with Crippen LogP contribution < -0.4 is 5.32 Å². The number of nitrogens with zero attached hydrogens (tertiary/aromatic N) is 2. The fourth-order valence-electron chi connectivity index (χ4n) is 1.88. The second-order valence-corrected chi connectivity index (χ2v) is 6.10. The summed E-state index contributed by atoms with van der Waals surface area (Å²) in [6.07, 6.45) is 3.23. The van der Waals surface area contributed by atoms with Crippen LogP contribution in [-0.2, 0) is 4.79 Å². The zero-order valence-electron chi connectivity index (χ0n) is 12.5. The lowest BCUT2D eigenvalue weighted by Crippen LogP contribution is -2.56. The van der Waals surface area contributed by atoms with Gasteiger partial charge in [-0.1, -0.05) is 6.07 Å². The second kappa shape index (κ2) is 4.87. The zero-order valence-corrected chi connectivity index (χ0v) is 12.5. The van der Waals surface area contributed by atoms with Crippen molar-refractivity contribution in [1.82, 2.24) is 14.9 Å². The number of aromatic nitrogens is 2. The molecular weight excluding hydrogens is 270 g/mol. The van der Waals surface area contributed by atoms with Crippen LogP contribution in [0.25, 0.3) is 5.52 Å².